The van der Waals surface area contributed by atoms with Gasteiger partial charge in [0.2, 0.25) is 0 Å². The number of methoxy groups -OCH3 is 2. The number of oxime groups is 1. The number of phenolic OH excluding ortho intramolecular Hbond substituents is 1. The second-order valence-electron chi connectivity index (χ2n) is 8.82. The fraction of sp³-hybridized carbons (Fsp3) is 0.480. The molecule has 0 amide bonds. The molecule has 2 aliphatic rings. The second-order valence-corrected chi connectivity index (χ2v) is 8.82. The van der Waals surface area contributed by atoms with Gasteiger partial charge in [0, 0.05) is 31.7 Å². The zero-order chi connectivity index (χ0) is 22.5. The summed E-state index contributed by atoms with van der Waals surface area (Å²) >= 11 is 0. The number of nitrogens with zero attached hydrogens (tertiary/aromatic N) is 3. The van der Waals surface area contributed by atoms with Gasteiger partial charge in [-0.05, 0) is 79.2 Å². The number of fused-ring (bicyclic) bond motifs is 1. The average molecular weight is 440 g/mol. The molecular formula is C25H33N3O4. The van der Waals surface area contributed by atoms with E-state index in [1.807, 2.05) is 12.1 Å². The first kappa shape index (κ1) is 22.4. The normalized spacial score (nSPS) is 18.1. The summed E-state index contributed by atoms with van der Waals surface area (Å²) in [6, 6.07) is 9.75. The zero-order valence-corrected chi connectivity index (χ0v) is 19.0. The van der Waals surface area contributed by atoms with Gasteiger partial charge in [0.25, 0.3) is 0 Å². The number of rotatable bonds is 7. The molecule has 4 rings (SSSR count). The molecular weight excluding hydrogens is 406 g/mol. The summed E-state index contributed by atoms with van der Waals surface area (Å²) in [7, 11) is 3.38. The van der Waals surface area contributed by atoms with E-state index in [9.17, 15) is 5.11 Å². The van der Waals surface area contributed by atoms with Crippen LogP contribution in [0.5, 0.6) is 17.2 Å². The summed E-state index contributed by atoms with van der Waals surface area (Å²) in [4.78, 5) is 5.04. The van der Waals surface area contributed by atoms with Crippen molar-refractivity contribution in [3.8, 4) is 17.2 Å². The van der Waals surface area contributed by atoms with Gasteiger partial charge in [0.15, 0.2) is 11.5 Å². The Hall–Kier alpha value is -2.77. The number of hydrogen-bond donors (Lipinski definition) is 2. The Labute approximate surface area is 189 Å². The maximum atomic E-state index is 9.85. The van der Waals surface area contributed by atoms with Crippen LogP contribution in [0.25, 0.3) is 0 Å². The standard InChI is InChI=1S/C25H33N3O4/c1-31-24-12-20-7-10-28(17-22(20)13-25(24)32-2)15-18-5-8-27(9-6-18)16-19-3-4-23(29)21(11-19)14-26-30/h3-4,11-14,18,29-30H,5-10,15-17H2,1-2H3/b26-14+. The predicted octanol–water partition coefficient (Wildman–Crippen LogP) is 3.49. The summed E-state index contributed by atoms with van der Waals surface area (Å²) in [5.41, 5.74) is 4.38. The maximum absolute atomic E-state index is 9.85. The third kappa shape index (κ3) is 5.16. The van der Waals surface area contributed by atoms with E-state index in [-0.39, 0.29) is 5.75 Å². The SMILES string of the molecule is COc1cc2c(cc1OC)CN(CC1CCN(Cc3ccc(O)c(/C=N/O)c3)CC1)CC2. The highest BCUT2D eigenvalue weighted by molar-refractivity contribution is 5.83. The molecule has 0 aromatic heterocycles. The summed E-state index contributed by atoms with van der Waals surface area (Å²) in [6.07, 6.45) is 4.71. The topological polar surface area (TPSA) is 77.8 Å². The Balaban J connectivity index is 1.29. The quantitative estimate of drug-likeness (QED) is 0.391. The number of phenols is 1. The minimum atomic E-state index is 0.129. The fourth-order valence-corrected chi connectivity index (χ4v) is 4.92. The first-order valence-corrected chi connectivity index (χ1v) is 11.3. The van der Waals surface area contributed by atoms with Crippen molar-refractivity contribution in [2.75, 3.05) is 40.4 Å². The van der Waals surface area contributed by atoms with Crippen molar-refractivity contribution in [1.82, 2.24) is 9.80 Å². The van der Waals surface area contributed by atoms with Crippen LogP contribution in [0.1, 0.15) is 35.1 Å². The molecule has 32 heavy (non-hydrogen) atoms. The number of likely N-dealkylation sites (tertiary alicyclic amines) is 1. The van der Waals surface area contributed by atoms with Gasteiger partial charge >= 0.3 is 0 Å². The van der Waals surface area contributed by atoms with E-state index in [0.29, 0.717) is 11.5 Å². The Bertz CT molecular complexity index is 954. The lowest BCUT2D eigenvalue weighted by molar-refractivity contribution is 0.132. The Morgan fingerprint density at radius 3 is 2.41 bits per heavy atom. The minimum absolute atomic E-state index is 0.129. The van der Waals surface area contributed by atoms with E-state index in [2.05, 4.69) is 27.1 Å². The molecule has 7 heteroatoms. The molecule has 0 spiro atoms. The highest BCUT2D eigenvalue weighted by Crippen LogP contribution is 2.34. The van der Waals surface area contributed by atoms with Crippen LogP contribution in [0.2, 0.25) is 0 Å². The third-order valence-electron chi connectivity index (χ3n) is 6.72. The Kier molecular flexibility index (Phi) is 7.17. The van der Waals surface area contributed by atoms with Crippen LogP contribution in [-0.2, 0) is 19.5 Å². The monoisotopic (exact) mass is 439 g/mol. The third-order valence-corrected chi connectivity index (χ3v) is 6.72. The van der Waals surface area contributed by atoms with E-state index in [1.54, 1.807) is 20.3 Å². The van der Waals surface area contributed by atoms with Crippen molar-refractivity contribution in [3.05, 3.63) is 52.6 Å². The smallest absolute Gasteiger partial charge is 0.161 e. The number of piperidine rings is 1. The van der Waals surface area contributed by atoms with Crippen molar-refractivity contribution in [2.45, 2.75) is 32.4 Å². The highest BCUT2D eigenvalue weighted by Gasteiger charge is 2.25. The second kappa shape index (κ2) is 10.2. The van der Waals surface area contributed by atoms with Gasteiger partial charge in [-0.3, -0.25) is 9.80 Å². The Morgan fingerprint density at radius 1 is 1.00 bits per heavy atom. The lowest BCUT2D eigenvalue weighted by Gasteiger charge is -2.36. The van der Waals surface area contributed by atoms with Crippen molar-refractivity contribution in [3.63, 3.8) is 0 Å². The molecule has 0 atom stereocenters. The fourth-order valence-electron chi connectivity index (χ4n) is 4.92. The van der Waals surface area contributed by atoms with E-state index in [1.165, 1.54) is 30.2 Å². The van der Waals surface area contributed by atoms with Crippen LogP contribution >= 0.6 is 0 Å². The van der Waals surface area contributed by atoms with Crippen LogP contribution in [0, 0.1) is 5.92 Å². The van der Waals surface area contributed by atoms with E-state index in [4.69, 9.17) is 14.7 Å². The van der Waals surface area contributed by atoms with Crippen LogP contribution < -0.4 is 9.47 Å². The van der Waals surface area contributed by atoms with Gasteiger partial charge in [0.1, 0.15) is 5.75 Å². The van der Waals surface area contributed by atoms with Crippen LogP contribution in [0.3, 0.4) is 0 Å². The molecule has 0 bridgehead atoms. The molecule has 0 unspecified atom stereocenters. The summed E-state index contributed by atoms with van der Waals surface area (Å²) in [6.45, 7) is 6.19. The molecule has 2 heterocycles. The molecule has 0 saturated carbocycles. The van der Waals surface area contributed by atoms with Crippen LogP contribution in [0.4, 0.5) is 0 Å². The lowest BCUT2D eigenvalue weighted by Crippen LogP contribution is -2.40. The largest absolute Gasteiger partial charge is 0.507 e. The number of benzene rings is 2. The van der Waals surface area contributed by atoms with Crippen molar-refractivity contribution < 1.29 is 19.8 Å². The lowest BCUT2D eigenvalue weighted by atomic mass is 9.93. The molecule has 0 radical (unpaired) electrons. The number of aromatic hydroxyl groups is 1. The molecule has 1 fully saturated rings. The van der Waals surface area contributed by atoms with Gasteiger partial charge < -0.3 is 19.8 Å². The molecule has 172 valence electrons. The molecule has 1 saturated heterocycles. The van der Waals surface area contributed by atoms with E-state index >= 15 is 0 Å². The Morgan fingerprint density at radius 2 is 1.72 bits per heavy atom. The highest BCUT2D eigenvalue weighted by atomic mass is 16.5. The van der Waals surface area contributed by atoms with Crippen LogP contribution in [-0.4, -0.2) is 66.7 Å². The minimum Gasteiger partial charge on any atom is -0.507 e. The first-order valence-electron chi connectivity index (χ1n) is 11.3. The summed E-state index contributed by atoms with van der Waals surface area (Å²) in [5.74, 6) is 2.47. The van der Waals surface area contributed by atoms with Gasteiger partial charge in [-0.1, -0.05) is 11.2 Å². The van der Waals surface area contributed by atoms with E-state index in [0.717, 1.165) is 62.8 Å². The molecule has 7 nitrogen and oxygen atoms in total. The number of ether oxygens (including phenoxy) is 2. The summed E-state index contributed by atoms with van der Waals surface area (Å²) in [5, 5.41) is 21.6. The molecule has 2 aromatic carbocycles. The number of hydrogen-bond acceptors (Lipinski definition) is 7. The maximum Gasteiger partial charge on any atom is 0.161 e. The van der Waals surface area contributed by atoms with Crippen molar-refractivity contribution in [1.29, 1.82) is 0 Å². The van der Waals surface area contributed by atoms with Crippen molar-refractivity contribution in [2.24, 2.45) is 11.1 Å². The van der Waals surface area contributed by atoms with Gasteiger partial charge in [0.05, 0.1) is 20.4 Å². The van der Waals surface area contributed by atoms with Crippen LogP contribution in [0.15, 0.2) is 35.5 Å². The molecule has 2 N–H and O–H groups in total. The van der Waals surface area contributed by atoms with Gasteiger partial charge in [-0.2, -0.15) is 0 Å². The van der Waals surface area contributed by atoms with Gasteiger partial charge in [-0.25, -0.2) is 0 Å². The molecule has 2 aliphatic heterocycles. The first-order chi connectivity index (χ1) is 15.6. The van der Waals surface area contributed by atoms with E-state index < -0.39 is 0 Å². The molecule has 0 aliphatic carbocycles. The zero-order valence-electron chi connectivity index (χ0n) is 19.0. The average Bonchev–Trinajstić information content (AvgIpc) is 2.81. The predicted molar refractivity (Wildman–Crippen MR) is 124 cm³/mol. The molecule has 2 aromatic rings. The summed E-state index contributed by atoms with van der Waals surface area (Å²) < 4.78 is 10.9. The van der Waals surface area contributed by atoms with Crippen molar-refractivity contribution >= 4 is 6.21 Å². The van der Waals surface area contributed by atoms with Gasteiger partial charge in [-0.15, -0.1) is 0 Å².